The Kier molecular flexibility index (Phi) is 4.12. The molecule has 3 N–H and O–H groups in total. The smallest absolute Gasteiger partial charge is 0.150 e. The second-order valence-corrected chi connectivity index (χ2v) is 3.56. The summed E-state index contributed by atoms with van der Waals surface area (Å²) in [5.74, 6) is 0.538. The van der Waals surface area contributed by atoms with Crippen LogP contribution in [-0.4, -0.2) is 32.0 Å². The van der Waals surface area contributed by atoms with Crippen LogP contribution in [0.3, 0.4) is 0 Å². The molecule has 0 aliphatic heterocycles. The van der Waals surface area contributed by atoms with Crippen molar-refractivity contribution in [2.75, 3.05) is 21.1 Å². The Labute approximate surface area is 90.8 Å². The minimum Gasteiger partial charge on any atom is -0.382 e. The van der Waals surface area contributed by atoms with Gasteiger partial charge in [-0.15, -0.1) is 0 Å². The molecular formula is C11H18N4. The van der Waals surface area contributed by atoms with Gasteiger partial charge < -0.3 is 16.1 Å². The molecule has 0 saturated heterocycles. The zero-order chi connectivity index (χ0) is 11.3. The van der Waals surface area contributed by atoms with Gasteiger partial charge in [0.2, 0.25) is 0 Å². The summed E-state index contributed by atoms with van der Waals surface area (Å²) in [5, 5.41) is 8.92. The standard InChI is InChI=1S/C11H18N4/c1-13-8-9-4-6-10(7-5-9)11(12)14-15(2)3/h4-7,13H,8H2,1-3H3,(H2,12,14). The van der Waals surface area contributed by atoms with Gasteiger partial charge >= 0.3 is 0 Å². The number of benzene rings is 1. The van der Waals surface area contributed by atoms with E-state index < -0.39 is 0 Å². The fraction of sp³-hybridized carbons (Fsp3) is 0.364. The number of nitrogens with two attached hydrogens (primary N) is 1. The Morgan fingerprint density at radius 1 is 1.33 bits per heavy atom. The maximum atomic E-state index is 5.81. The molecule has 0 bridgehead atoms. The lowest BCUT2D eigenvalue weighted by molar-refractivity contribution is 0.437. The van der Waals surface area contributed by atoms with Crippen molar-refractivity contribution >= 4 is 5.84 Å². The molecule has 0 fully saturated rings. The maximum absolute atomic E-state index is 5.81. The quantitative estimate of drug-likeness (QED) is 0.430. The van der Waals surface area contributed by atoms with E-state index in [1.807, 2.05) is 45.4 Å². The van der Waals surface area contributed by atoms with E-state index in [9.17, 15) is 0 Å². The van der Waals surface area contributed by atoms with Crippen molar-refractivity contribution in [2.45, 2.75) is 6.54 Å². The molecule has 0 aliphatic rings. The number of hydrazone groups is 1. The third-order valence-corrected chi connectivity index (χ3v) is 1.94. The molecule has 0 aromatic heterocycles. The molecular weight excluding hydrogens is 188 g/mol. The van der Waals surface area contributed by atoms with E-state index in [2.05, 4.69) is 10.4 Å². The summed E-state index contributed by atoms with van der Waals surface area (Å²) < 4.78 is 0. The van der Waals surface area contributed by atoms with Crippen LogP contribution in [0.25, 0.3) is 0 Å². The second-order valence-electron chi connectivity index (χ2n) is 3.56. The monoisotopic (exact) mass is 206 g/mol. The lowest BCUT2D eigenvalue weighted by atomic mass is 10.1. The lowest BCUT2D eigenvalue weighted by Gasteiger charge is -2.07. The highest BCUT2D eigenvalue weighted by molar-refractivity contribution is 5.97. The number of nitrogens with zero attached hydrogens (tertiary/aromatic N) is 2. The zero-order valence-electron chi connectivity index (χ0n) is 9.49. The van der Waals surface area contributed by atoms with Crippen LogP contribution in [0.15, 0.2) is 29.4 Å². The molecule has 1 rings (SSSR count). The molecule has 0 saturated carbocycles. The number of hydrogen-bond donors (Lipinski definition) is 2. The highest BCUT2D eigenvalue weighted by Gasteiger charge is 1.98. The number of rotatable bonds is 4. The summed E-state index contributed by atoms with van der Waals surface area (Å²) in [6, 6.07) is 8.05. The molecule has 15 heavy (non-hydrogen) atoms. The van der Waals surface area contributed by atoms with Gasteiger partial charge in [0.15, 0.2) is 5.84 Å². The topological polar surface area (TPSA) is 53.6 Å². The Morgan fingerprint density at radius 2 is 1.93 bits per heavy atom. The Bertz CT molecular complexity index is 327. The van der Waals surface area contributed by atoms with E-state index in [1.165, 1.54) is 5.56 Å². The van der Waals surface area contributed by atoms with Crippen LogP contribution < -0.4 is 11.1 Å². The van der Waals surface area contributed by atoms with Gasteiger partial charge in [-0.05, 0) is 12.6 Å². The first-order valence-corrected chi connectivity index (χ1v) is 4.89. The summed E-state index contributed by atoms with van der Waals surface area (Å²) >= 11 is 0. The minimum atomic E-state index is 0.538. The lowest BCUT2D eigenvalue weighted by Crippen LogP contribution is -2.18. The average molecular weight is 206 g/mol. The van der Waals surface area contributed by atoms with E-state index in [4.69, 9.17) is 5.73 Å². The predicted molar refractivity (Wildman–Crippen MR) is 63.6 cm³/mol. The van der Waals surface area contributed by atoms with Crippen LogP contribution in [0.2, 0.25) is 0 Å². The molecule has 0 heterocycles. The number of nitrogens with one attached hydrogen (secondary N) is 1. The van der Waals surface area contributed by atoms with E-state index in [0.717, 1.165) is 12.1 Å². The molecule has 0 amide bonds. The summed E-state index contributed by atoms with van der Waals surface area (Å²) in [6.45, 7) is 0.866. The van der Waals surface area contributed by atoms with Crippen molar-refractivity contribution in [2.24, 2.45) is 10.8 Å². The predicted octanol–water partition coefficient (Wildman–Crippen LogP) is 0.588. The van der Waals surface area contributed by atoms with Crippen LogP contribution in [0.5, 0.6) is 0 Å². The third-order valence-electron chi connectivity index (χ3n) is 1.94. The molecule has 0 spiro atoms. The molecule has 1 aromatic carbocycles. The van der Waals surface area contributed by atoms with Crippen molar-refractivity contribution in [1.82, 2.24) is 10.3 Å². The van der Waals surface area contributed by atoms with E-state index in [-0.39, 0.29) is 0 Å². The summed E-state index contributed by atoms with van der Waals surface area (Å²) in [7, 11) is 5.63. The first-order chi connectivity index (χ1) is 7.13. The summed E-state index contributed by atoms with van der Waals surface area (Å²) in [5.41, 5.74) is 8.00. The third kappa shape index (κ3) is 3.59. The van der Waals surface area contributed by atoms with Gasteiger partial charge in [-0.2, -0.15) is 5.10 Å². The number of hydrogen-bond acceptors (Lipinski definition) is 3. The van der Waals surface area contributed by atoms with Crippen LogP contribution >= 0.6 is 0 Å². The van der Waals surface area contributed by atoms with E-state index >= 15 is 0 Å². The Morgan fingerprint density at radius 3 is 2.40 bits per heavy atom. The number of amidine groups is 1. The largest absolute Gasteiger partial charge is 0.382 e. The van der Waals surface area contributed by atoms with Crippen molar-refractivity contribution in [3.63, 3.8) is 0 Å². The second kappa shape index (κ2) is 5.36. The van der Waals surface area contributed by atoms with E-state index in [0.29, 0.717) is 5.84 Å². The van der Waals surface area contributed by atoms with Crippen LogP contribution in [0.4, 0.5) is 0 Å². The highest BCUT2D eigenvalue weighted by Crippen LogP contribution is 2.04. The average Bonchev–Trinajstić information content (AvgIpc) is 2.18. The highest BCUT2D eigenvalue weighted by atomic mass is 15.4. The fourth-order valence-corrected chi connectivity index (χ4v) is 1.27. The van der Waals surface area contributed by atoms with Crippen LogP contribution in [0, 0.1) is 0 Å². The summed E-state index contributed by atoms with van der Waals surface area (Å²) in [4.78, 5) is 0. The van der Waals surface area contributed by atoms with Crippen LogP contribution in [0.1, 0.15) is 11.1 Å². The van der Waals surface area contributed by atoms with Gasteiger partial charge in [0, 0.05) is 26.2 Å². The van der Waals surface area contributed by atoms with Gasteiger partial charge in [0.25, 0.3) is 0 Å². The first-order valence-electron chi connectivity index (χ1n) is 4.89. The fourth-order valence-electron chi connectivity index (χ4n) is 1.27. The van der Waals surface area contributed by atoms with Gasteiger partial charge in [0.1, 0.15) is 0 Å². The Hall–Kier alpha value is -1.55. The van der Waals surface area contributed by atoms with Gasteiger partial charge in [-0.3, -0.25) is 0 Å². The van der Waals surface area contributed by atoms with E-state index in [1.54, 1.807) is 5.01 Å². The molecule has 0 radical (unpaired) electrons. The molecule has 1 aromatic rings. The van der Waals surface area contributed by atoms with Crippen molar-refractivity contribution in [1.29, 1.82) is 0 Å². The zero-order valence-corrected chi connectivity index (χ0v) is 9.49. The minimum absolute atomic E-state index is 0.538. The molecule has 0 atom stereocenters. The van der Waals surface area contributed by atoms with Crippen LogP contribution in [-0.2, 0) is 6.54 Å². The van der Waals surface area contributed by atoms with Crippen molar-refractivity contribution in [3.05, 3.63) is 35.4 Å². The molecule has 4 heteroatoms. The van der Waals surface area contributed by atoms with Gasteiger partial charge in [-0.25, -0.2) is 0 Å². The maximum Gasteiger partial charge on any atom is 0.150 e. The molecule has 0 unspecified atom stereocenters. The molecule has 4 nitrogen and oxygen atoms in total. The van der Waals surface area contributed by atoms with Gasteiger partial charge in [-0.1, -0.05) is 24.3 Å². The SMILES string of the molecule is CNCc1ccc(/C(N)=N/N(C)C)cc1. The van der Waals surface area contributed by atoms with Crippen molar-refractivity contribution in [3.8, 4) is 0 Å². The molecule has 82 valence electrons. The van der Waals surface area contributed by atoms with Crippen molar-refractivity contribution < 1.29 is 0 Å². The summed E-state index contributed by atoms with van der Waals surface area (Å²) in [6.07, 6.45) is 0. The van der Waals surface area contributed by atoms with Gasteiger partial charge in [0.05, 0.1) is 0 Å². The molecule has 0 aliphatic carbocycles. The first kappa shape index (κ1) is 11.5. The normalized spacial score (nSPS) is 11.5. The Balaban J connectivity index is 2.79.